The van der Waals surface area contributed by atoms with Gasteiger partial charge in [0.1, 0.15) is 12.1 Å². The van der Waals surface area contributed by atoms with E-state index < -0.39 is 0 Å². The van der Waals surface area contributed by atoms with Crippen molar-refractivity contribution in [3.8, 4) is 17.7 Å². The number of methoxy groups -OCH3 is 2. The molecule has 278 valence electrons. The molecule has 1 aliphatic carbocycles. The predicted molar refractivity (Wildman–Crippen MR) is 203 cm³/mol. The lowest BCUT2D eigenvalue weighted by molar-refractivity contribution is -0.138. The fourth-order valence-corrected chi connectivity index (χ4v) is 8.66. The number of aliphatic imine (C=N–C) groups is 1. The number of ether oxygens (including phenoxy) is 2. The van der Waals surface area contributed by atoms with E-state index >= 15 is 0 Å². The van der Waals surface area contributed by atoms with E-state index in [1.807, 2.05) is 40.0 Å². The normalized spacial score (nSPS) is 20.6. The molecule has 1 amide bonds. The van der Waals surface area contributed by atoms with E-state index in [4.69, 9.17) is 32.1 Å². The largest absolute Gasteiger partial charge is 0.493 e. The molecule has 2 fully saturated rings. The van der Waals surface area contributed by atoms with Crippen LogP contribution in [0.4, 0.5) is 5.82 Å². The van der Waals surface area contributed by atoms with E-state index in [1.54, 1.807) is 26.7 Å². The van der Waals surface area contributed by atoms with Gasteiger partial charge in [0.2, 0.25) is 18.1 Å². The van der Waals surface area contributed by atoms with Crippen molar-refractivity contribution in [2.24, 2.45) is 16.6 Å². The van der Waals surface area contributed by atoms with Crippen LogP contribution in [0.15, 0.2) is 53.9 Å². The molecule has 1 saturated heterocycles. The first-order chi connectivity index (χ1) is 25.8. The van der Waals surface area contributed by atoms with Crippen LogP contribution in [0, 0.1) is 17.4 Å². The Labute approximate surface area is 314 Å². The number of piperazine rings is 1. The molecule has 7 rings (SSSR count). The standard InChI is InChI=1S/C38H46ClN11O3/c1-52-32-20-27-10-15-49(14-5-13-42-37(41)43-24-40)38(30(27)21-33(32)53-2)11-8-26(9-12-38)36(51)48-18-16-47(17-19-48)34-29-22-46-50(35(29)45-25-44-34)23-28-6-3-4-7-31(28)39/h3-4,6-7,20-22,25-26H,5,8-19,23H2,1-2H3,(H3,41,42,43)/t26-,38-. The third-order valence-corrected chi connectivity index (χ3v) is 11.6. The molecule has 1 saturated carbocycles. The Hall–Kier alpha value is -5.13. The highest BCUT2D eigenvalue weighted by Gasteiger charge is 2.47. The van der Waals surface area contributed by atoms with Crippen molar-refractivity contribution >= 4 is 40.3 Å². The summed E-state index contributed by atoms with van der Waals surface area (Å²) in [5.74, 6) is 2.64. The minimum absolute atomic E-state index is 0.0306. The van der Waals surface area contributed by atoms with Gasteiger partial charge in [-0.3, -0.25) is 9.69 Å². The number of carbonyl (C=O) groups is 1. The third kappa shape index (κ3) is 7.28. The van der Waals surface area contributed by atoms with Gasteiger partial charge >= 0.3 is 0 Å². The molecule has 0 unspecified atom stereocenters. The molecule has 53 heavy (non-hydrogen) atoms. The first kappa shape index (κ1) is 36.2. The quantitative estimate of drug-likeness (QED) is 0.105. The summed E-state index contributed by atoms with van der Waals surface area (Å²) in [6.45, 7) is 5.51. The lowest BCUT2D eigenvalue weighted by Crippen LogP contribution is -2.55. The van der Waals surface area contributed by atoms with Crippen molar-refractivity contribution in [3.05, 3.63) is 70.6 Å². The van der Waals surface area contributed by atoms with Crippen LogP contribution in [0.1, 0.15) is 48.8 Å². The molecule has 4 aromatic rings. The van der Waals surface area contributed by atoms with E-state index in [0.717, 1.165) is 85.5 Å². The van der Waals surface area contributed by atoms with Gasteiger partial charge in [0.15, 0.2) is 17.1 Å². The van der Waals surface area contributed by atoms with Gasteiger partial charge in [-0.05, 0) is 73.4 Å². The number of amides is 1. The van der Waals surface area contributed by atoms with Gasteiger partial charge in [0, 0.05) is 62.3 Å². The van der Waals surface area contributed by atoms with E-state index in [1.165, 1.54) is 11.1 Å². The summed E-state index contributed by atoms with van der Waals surface area (Å²) in [4.78, 5) is 33.7. The Morgan fingerprint density at radius 2 is 1.85 bits per heavy atom. The van der Waals surface area contributed by atoms with Crippen molar-refractivity contribution in [2.45, 2.75) is 50.6 Å². The van der Waals surface area contributed by atoms with Gasteiger partial charge in [0.25, 0.3) is 0 Å². The second-order valence-corrected chi connectivity index (χ2v) is 14.3. The Morgan fingerprint density at radius 3 is 2.58 bits per heavy atom. The van der Waals surface area contributed by atoms with Gasteiger partial charge in [-0.15, -0.1) is 4.99 Å². The first-order valence-electron chi connectivity index (χ1n) is 18.3. The Morgan fingerprint density at radius 1 is 1.09 bits per heavy atom. The number of nitrogens with zero attached hydrogens (tertiary/aromatic N) is 9. The smallest absolute Gasteiger partial charge is 0.225 e. The van der Waals surface area contributed by atoms with Crippen molar-refractivity contribution in [2.75, 3.05) is 64.9 Å². The maximum absolute atomic E-state index is 14.1. The summed E-state index contributed by atoms with van der Waals surface area (Å²) >= 11 is 6.43. The molecule has 3 N–H and O–H groups in total. The lowest BCUT2D eigenvalue weighted by Gasteiger charge is -2.52. The summed E-state index contributed by atoms with van der Waals surface area (Å²) in [5, 5.41) is 18.0. The molecule has 0 atom stereocenters. The van der Waals surface area contributed by atoms with Crippen molar-refractivity contribution in [1.29, 1.82) is 5.26 Å². The molecule has 14 nitrogen and oxygen atoms in total. The maximum atomic E-state index is 14.1. The Kier molecular flexibility index (Phi) is 10.8. The van der Waals surface area contributed by atoms with E-state index in [9.17, 15) is 4.79 Å². The zero-order valence-corrected chi connectivity index (χ0v) is 31.1. The Balaban J connectivity index is 1.02. The summed E-state index contributed by atoms with van der Waals surface area (Å²) in [6.07, 6.45) is 10.2. The van der Waals surface area contributed by atoms with E-state index in [-0.39, 0.29) is 23.3 Å². The van der Waals surface area contributed by atoms with Gasteiger partial charge < -0.3 is 30.3 Å². The third-order valence-electron chi connectivity index (χ3n) is 11.2. The number of fused-ring (bicyclic) bond motifs is 3. The zero-order valence-electron chi connectivity index (χ0n) is 30.3. The lowest BCUT2D eigenvalue weighted by atomic mass is 9.68. The second-order valence-electron chi connectivity index (χ2n) is 13.9. The van der Waals surface area contributed by atoms with E-state index in [2.05, 4.69) is 47.3 Å². The molecule has 2 aromatic heterocycles. The predicted octanol–water partition coefficient (Wildman–Crippen LogP) is 3.91. The van der Waals surface area contributed by atoms with Crippen LogP contribution in [-0.4, -0.2) is 101 Å². The van der Waals surface area contributed by atoms with Gasteiger partial charge in [-0.2, -0.15) is 10.4 Å². The molecular weight excluding hydrogens is 694 g/mol. The highest BCUT2D eigenvalue weighted by atomic mass is 35.5. The van der Waals surface area contributed by atoms with Crippen LogP contribution >= 0.6 is 11.6 Å². The fourth-order valence-electron chi connectivity index (χ4n) is 8.47. The molecule has 1 spiro atoms. The average Bonchev–Trinajstić information content (AvgIpc) is 3.60. The number of carbonyl (C=O) groups excluding carboxylic acids is 1. The maximum Gasteiger partial charge on any atom is 0.225 e. The number of aromatic nitrogens is 4. The monoisotopic (exact) mass is 739 g/mol. The van der Waals surface area contributed by atoms with Crippen molar-refractivity contribution < 1.29 is 14.3 Å². The minimum Gasteiger partial charge on any atom is -0.493 e. The molecule has 0 bridgehead atoms. The second kappa shape index (κ2) is 15.9. The van der Waals surface area contributed by atoms with Gasteiger partial charge in [-0.1, -0.05) is 29.8 Å². The number of rotatable bonds is 10. The van der Waals surface area contributed by atoms with Crippen molar-refractivity contribution in [1.82, 2.24) is 34.9 Å². The SMILES string of the molecule is COc1cc2c(cc1OC)[C@]1(CC[C@@H](C(=O)N3CCN(c4ncnc5c4cnn5Cc4ccccc4Cl)CC3)CC1)N(CCCN/C(N)=N\C#N)CC2. The summed E-state index contributed by atoms with van der Waals surface area (Å²) < 4.78 is 13.3. The van der Waals surface area contributed by atoms with Crippen LogP contribution in [0.25, 0.3) is 11.0 Å². The van der Waals surface area contributed by atoms with Crippen LogP contribution < -0.4 is 25.4 Å². The number of nitrogens with two attached hydrogens (primary N) is 1. The van der Waals surface area contributed by atoms with Gasteiger partial charge in [0.05, 0.1) is 32.3 Å². The first-order valence-corrected chi connectivity index (χ1v) is 18.6. The molecule has 3 aliphatic rings. The molecule has 2 aliphatic heterocycles. The van der Waals surface area contributed by atoms with Crippen molar-refractivity contribution in [3.63, 3.8) is 0 Å². The number of hydrogen-bond donors (Lipinski definition) is 2. The number of nitrogens with one attached hydrogen (secondary N) is 1. The molecule has 0 radical (unpaired) electrons. The molecule has 4 heterocycles. The van der Waals surface area contributed by atoms with Crippen LogP contribution in [0.5, 0.6) is 11.5 Å². The number of nitriles is 1. The summed E-state index contributed by atoms with van der Waals surface area (Å²) in [6, 6.07) is 12.0. The van der Waals surface area contributed by atoms with Crippen LogP contribution in [-0.2, 0) is 23.3 Å². The topological polar surface area (TPSA) is 163 Å². The highest BCUT2D eigenvalue weighted by molar-refractivity contribution is 6.31. The van der Waals surface area contributed by atoms with Crippen LogP contribution in [0.3, 0.4) is 0 Å². The number of benzene rings is 2. The average molecular weight is 740 g/mol. The number of hydrogen-bond acceptors (Lipinski definition) is 10. The molecular formula is C38H46ClN11O3. The molecule has 15 heteroatoms. The number of anilines is 1. The summed E-state index contributed by atoms with van der Waals surface area (Å²) in [7, 11) is 3.35. The molecule has 2 aromatic carbocycles. The highest BCUT2D eigenvalue weighted by Crippen LogP contribution is 2.50. The number of guanidine groups is 1. The van der Waals surface area contributed by atoms with Crippen LogP contribution in [0.2, 0.25) is 5.02 Å². The zero-order chi connectivity index (χ0) is 37.0. The Bertz CT molecular complexity index is 2010. The number of halogens is 1. The fraction of sp³-hybridized carbons (Fsp3) is 0.474. The van der Waals surface area contributed by atoms with E-state index in [0.29, 0.717) is 44.3 Å². The summed E-state index contributed by atoms with van der Waals surface area (Å²) in [5.41, 5.74) is 9.84. The van der Waals surface area contributed by atoms with Gasteiger partial charge in [-0.25, -0.2) is 14.6 Å². The minimum atomic E-state index is -0.219.